The Morgan fingerprint density at radius 3 is 3.00 bits per heavy atom. The van der Waals surface area contributed by atoms with Gasteiger partial charge in [0.15, 0.2) is 0 Å². The lowest BCUT2D eigenvalue weighted by molar-refractivity contribution is -0.122. The van der Waals surface area contributed by atoms with Crippen LogP contribution in [0.2, 0.25) is 0 Å². The number of cyclic esters (lactones) is 1. The number of nitrogens with one attached hydrogen (secondary N) is 1. The number of hydrogen-bond donors (Lipinski definition) is 1. The van der Waals surface area contributed by atoms with Crippen molar-refractivity contribution in [1.29, 1.82) is 0 Å². The van der Waals surface area contributed by atoms with Gasteiger partial charge in [0.05, 0.1) is 12.6 Å². The number of ether oxygens (including phenoxy) is 1. The average Bonchev–Trinajstić information content (AvgIpc) is 3.04. The molecule has 23 heavy (non-hydrogen) atoms. The first-order valence-electron chi connectivity index (χ1n) is 8.35. The molecule has 0 unspecified atom stereocenters. The predicted molar refractivity (Wildman–Crippen MR) is 87.1 cm³/mol. The van der Waals surface area contributed by atoms with Gasteiger partial charge in [-0.15, -0.1) is 0 Å². The van der Waals surface area contributed by atoms with Crippen molar-refractivity contribution in [3.05, 3.63) is 34.9 Å². The van der Waals surface area contributed by atoms with E-state index in [9.17, 15) is 9.59 Å². The van der Waals surface area contributed by atoms with Gasteiger partial charge in [-0.1, -0.05) is 30.7 Å². The average molecular weight is 316 g/mol. The molecule has 2 amide bonds. The van der Waals surface area contributed by atoms with Crippen LogP contribution in [0, 0.1) is 12.8 Å². The lowest BCUT2D eigenvalue weighted by Crippen LogP contribution is -2.32. The SMILES string of the molecule is Cc1ccc2c(c1)[C@@H](NC(=O)CCCN1CCOC1=O)[C@@H](C)C2. The summed E-state index contributed by atoms with van der Waals surface area (Å²) in [6.45, 7) is 5.94. The second kappa shape index (κ2) is 6.60. The van der Waals surface area contributed by atoms with Gasteiger partial charge in [0.2, 0.25) is 5.91 Å². The van der Waals surface area contributed by atoms with E-state index in [4.69, 9.17) is 4.74 Å². The highest BCUT2D eigenvalue weighted by molar-refractivity contribution is 5.77. The van der Waals surface area contributed by atoms with Crippen molar-refractivity contribution in [1.82, 2.24) is 10.2 Å². The number of amides is 2. The molecular weight excluding hydrogens is 292 g/mol. The molecule has 1 aliphatic carbocycles. The minimum Gasteiger partial charge on any atom is -0.448 e. The molecule has 5 heteroatoms. The van der Waals surface area contributed by atoms with Gasteiger partial charge in [-0.2, -0.15) is 0 Å². The molecule has 1 N–H and O–H groups in total. The molecule has 1 aliphatic heterocycles. The molecule has 2 atom stereocenters. The summed E-state index contributed by atoms with van der Waals surface area (Å²) in [7, 11) is 0. The first-order valence-corrected chi connectivity index (χ1v) is 8.35. The number of rotatable bonds is 5. The van der Waals surface area contributed by atoms with Crippen LogP contribution in [0.4, 0.5) is 4.79 Å². The molecule has 0 saturated carbocycles. The lowest BCUT2D eigenvalue weighted by atomic mass is 10.0. The molecule has 1 saturated heterocycles. The van der Waals surface area contributed by atoms with Crippen molar-refractivity contribution >= 4 is 12.0 Å². The normalized spacial score (nSPS) is 22.9. The summed E-state index contributed by atoms with van der Waals surface area (Å²) in [4.78, 5) is 25.2. The largest absolute Gasteiger partial charge is 0.448 e. The van der Waals surface area contributed by atoms with E-state index in [1.54, 1.807) is 4.90 Å². The van der Waals surface area contributed by atoms with E-state index in [0.717, 1.165) is 6.42 Å². The summed E-state index contributed by atoms with van der Waals surface area (Å²) in [5.74, 6) is 0.480. The summed E-state index contributed by atoms with van der Waals surface area (Å²) in [6.07, 6.45) is 1.86. The van der Waals surface area contributed by atoms with Gasteiger partial charge in [-0.05, 0) is 36.8 Å². The van der Waals surface area contributed by atoms with Crippen molar-refractivity contribution in [2.24, 2.45) is 5.92 Å². The quantitative estimate of drug-likeness (QED) is 0.908. The highest BCUT2D eigenvalue weighted by atomic mass is 16.6. The smallest absolute Gasteiger partial charge is 0.409 e. The van der Waals surface area contributed by atoms with E-state index >= 15 is 0 Å². The summed E-state index contributed by atoms with van der Waals surface area (Å²) < 4.78 is 4.88. The maximum atomic E-state index is 12.2. The zero-order chi connectivity index (χ0) is 16.4. The predicted octanol–water partition coefficient (Wildman–Crippen LogP) is 2.58. The Hall–Kier alpha value is -2.04. The van der Waals surface area contributed by atoms with Gasteiger partial charge in [0, 0.05) is 13.0 Å². The summed E-state index contributed by atoms with van der Waals surface area (Å²) >= 11 is 0. The number of carbonyl (C=O) groups excluding carboxylic acids is 2. The van der Waals surface area contributed by atoms with Gasteiger partial charge < -0.3 is 15.0 Å². The van der Waals surface area contributed by atoms with Gasteiger partial charge in [0.1, 0.15) is 6.61 Å². The monoisotopic (exact) mass is 316 g/mol. The molecule has 5 nitrogen and oxygen atoms in total. The van der Waals surface area contributed by atoms with Crippen LogP contribution in [0.1, 0.15) is 42.5 Å². The zero-order valence-electron chi connectivity index (χ0n) is 13.8. The number of nitrogens with zero attached hydrogens (tertiary/aromatic N) is 1. The molecule has 0 aromatic heterocycles. The molecule has 0 radical (unpaired) electrons. The summed E-state index contributed by atoms with van der Waals surface area (Å²) in [5.41, 5.74) is 3.83. The minimum atomic E-state index is -0.265. The Kier molecular flexibility index (Phi) is 4.55. The Bertz CT molecular complexity index is 614. The van der Waals surface area contributed by atoms with E-state index in [1.807, 2.05) is 0 Å². The van der Waals surface area contributed by atoms with E-state index in [1.165, 1.54) is 16.7 Å². The minimum absolute atomic E-state index is 0.0590. The van der Waals surface area contributed by atoms with Crippen molar-refractivity contribution in [2.75, 3.05) is 19.7 Å². The molecular formula is C18H24N2O3. The van der Waals surface area contributed by atoms with Gasteiger partial charge in [-0.3, -0.25) is 4.79 Å². The van der Waals surface area contributed by atoms with Crippen molar-refractivity contribution in [3.63, 3.8) is 0 Å². The van der Waals surface area contributed by atoms with Crippen LogP contribution in [0.15, 0.2) is 18.2 Å². The van der Waals surface area contributed by atoms with E-state index in [0.29, 0.717) is 38.5 Å². The summed E-state index contributed by atoms with van der Waals surface area (Å²) in [6, 6.07) is 6.59. The topological polar surface area (TPSA) is 58.6 Å². The highest BCUT2D eigenvalue weighted by Crippen LogP contribution is 2.36. The number of benzene rings is 1. The fraction of sp³-hybridized carbons (Fsp3) is 0.556. The van der Waals surface area contributed by atoms with Crippen LogP contribution in [-0.4, -0.2) is 36.6 Å². The highest BCUT2D eigenvalue weighted by Gasteiger charge is 2.30. The molecule has 124 valence electrons. The first kappa shape index (κ1) is 15.8. The van der Waals surface area contributed by atoms with Crippen LogP contribution >= 0.6 is 0 Å². The number of aryl methyl sites for hydroxylation is 1. The van der Waals surface area contributed by atoms with E-state index < -0.39 is 0 Å². The fourth-order valence-electron chi connectivity index (χ4n) is 3.49. The third-order valence-corrected chi connectivity index (χ3v) is 4.74. The van der Waals surface area contributed by atoms with Gasteiger partial charge in [-0.25, -0.2) is 4.79 Å². The van der Waals surface area contributed by atoms with Crippen LogP contribution in [0.25, 0.3) is 0 Å². The Labute approximate surface area is 137 Å². The maximum absolute atomic E-state index is 12.2. The van der Waals surface area contributed by atoms with Crippen LogP contribution in [-0.2, 0) is 16.0 Å². The molecule has 1 heterocycles. The Morgan fingerprint density at radius 1 is 1.43 bits per heavy atom. The van der Waals surface area contributed by atoms with Crippen molar-refractivity contribution in [2.45, 2.75) is 39.2 Å². The zero-order valence-corrected chi connectivity index (χ0v) is 13.8. The number of fused-ring (bicyclic) bond motifs is 1. The van der Waals surface area contributed by atoms with Gasteiger partial charge >= 0.3 is 6.09 Å². The summed E-state index contributed by atoms with van der Waals surface area (Å²) in [5, 5.41) is 3.18. The van der Waals surface area contributed by atoms with Crippen LogP contribution in [0.5, 0.6) is 0 Å². The lowest BCUT2D eigenvalue weighted by Gasteiger charge is -2.19. The van der Waals surface area contributed by atoms with Crippen molar-refractivity contribution in [3.8, 4) is 0 Å². The van der Waals surface area contributed by atoms with Gasteiger partial charge in [0.25, 0.3) is 0 Å². The third-order valence-electron chi connectivity index (χ3n) is 4.74. The first-order chi connectivity index (χ1) is 11.0. The van der Waals surface area contributed by atoms with E-state index in [-0.39, 0.29) is 18.0 Å². The third kappa shape index (κ3) is 3.49. The second-order valence-corrected chi connectivity index (χ2v) is 6.63. The molecule has 2 aliphatic rings. The molecule has 0 bridgehead atoms. The van der Waals surface area contributed by atoms with Crippen LogP contribution < -0.4 is 5.32 Å². The maximum Gasteiger partial charge on any atom is 0.409 e. The van der Waals surface area contributed by atoms with Crippen LogP contribution in [0.3, 0.4) is 0 Å². The second-order valence-electron chi connectivity index (χ2n) is 6.63. The molecule has 1 aromatic carbocycles. The number of hydrogen-bond acceptors (Lipinski definition) is 3. The molecule has 1 fully saturated rings. The van der Waals surface area contributed by atoms with E-state index in [2.05, 4.69) is 37.4 Å². The molecule has 1 aromatic rings. The molecule has 0 spiro atoms. The Morgan fingerprint density at radius 2 is 2.26 bits per heavy atom. The fourth-order valence-corrected chi connectivity index (χ4v) is 3.49. The Balaban J connectivity index is 1.52. The number of carbonyl (C=O) groups is 2. The standard InChI is InChI=1S/C18H24N2O3/c1-12-5-6-14-11-13(2)17(15(14)10-12)19-16(21)4-3-7-20-8-9-23-18(20)22/h5-6,10,13,17H,3-4,7-9,11H2,1-2H3,(H,19,21)/t13-,17-/m0/s1. The molecule has 3 rings (SSSR count). The van der Waals surface area contributed by atoms with Crippen molar-refractivity contribution < 1.29 is 14.3 Å².